The molecule has 26 heavy (non-hydrogen) atoms. The molecule has 0 radical (unpaired) electrons. The number of hydrogen-bond donors (Lipinski definition) is 0. The van der Waals surface area contributed by atoms with Crippen molar-refractivity contribution >= 4 is 11.9 Å². The molecule has 138 valence electrons. The van der Waals surface area contributed by atoms with Crippen LogP contribution in [0.15, 0.2) is 34.9 Å². The first-order valence-corrected chi connectivity index (χ1v) is 8.99. The molecular formula is C19H24N4O3. The standard InChI is InChI=1S/C19H24N4O3/c1-19(2,3)26-18(24)23-11-13-9-22(10-14(13)12-23)17-7-6-15(20-21-17)16-5-4-8-25-16/h4-8,13-14H,9-12H2,1-3H3/t13-,14-/m0/s1. The summed E-state index contributed by atoms with van der Waals surface area (Å²) in [5.74, 6) is 2.50. The molecule has 0 aliphatic carbocycles. The van der Waals surface area contributed by atoms with E-state index in [0.717, 1.165) is 43.5 Å². The van der Waals surface area contributed by atoms with Crippen LogP contribution in [0.1, 0.15) is 20.8 Å². The Hall–Kier alpha value is -2.57. The highest BCUT2D eigenvalue weighted by Gasteiger charge is 2.43. The normalized spacial score (nSPS) is 22.6. The fourth-order valence-electron chi connectivity index (χ4n) is 3.71. The molecule has 1 amide bonds. The maximum atomic E-state index is 12.3. The summed E-state index contributed by atoms with van der Waals surface area (Å²) in [5.41, 5.74) is 0.279. The highest BCUT2D eigenvalue weighted by Crippen LogP contribution is 2.34. The molecule has 2 aromatic rings. The van der Waals surface area contributed by atoms with Crippen LogP contribution in [0.2, 0.25) is 0 Å². The van der Waals surface area contributed by atoms with Crippen LogP contribution >= 0.6 is 0 Å². The van der Waals surface area contributed by atoms with Crippen molar-refractivity contribution in [3.8, 4) is 11.5 Å². The van der Waals surface area contributed by atoms with Gasteiger partial charge in [-0.1, -0.05) is 0 Å². The van der Waals surface area contributed by atoms with Crippen LogP contribution in [0.3, 0.4) is 0 Å². The van der Waals surface area contributed by atoms with Gasteiger partial charge in [0.25, 0.3) is 0 Å². The first-order valence-electron chi connectivity index (χ1n) is 8.99. The summed E-state index contributed by atoms with van der Waals surface area (Å²) in [6, 6.07) is 7.62. The van der Waals surface area contributed by atoms with E-state index in [1.807, 2.05) is 49.9 Å². The molecule has 4 heterocycles. The molecule has 0 saturated carbocycles. The Morgan fingerprint density at radius 3 is 2.38 bits per heavy atom. The van der Waals surface area contributed by atoms with Crippen molar-refractivity contribution in [2.24, 2.45) is 11.8 Å². The smallest absolute Gasteiger partial charge is 0.410 e. The molecule has 0 unspecified atom stereocenters. The largest absolute Gasteiger partial charge is 0.463 e. The van der Waals surface area contributed by atoms with E-state index >= 15 is 0 Å². The Balaban J connectivity index is 1.37. The molecule has 0 spiro atoms. The van der Waals surface area contributed by atoms with E-state index in [0.29, 0.717) is 11.8 Å². The first kappa shape index (κ1) is 16.9. The molecule has 2 aromatic heterocycles. The van der Waals surface area contributed by atoms with Crippen molar-refractivity contribution < 1.29 is 13.9 Å². The maximum absolute atomic E-state index is 12.3. The van der Waals surface area contributed by atoms with Gasteiger partial charge in [0.05, 0.1) is 6.26 Å². The molecule has 7 nitrogen and oxygen atoms in total. The minimum absolute atomic E-state index is 0.207. The number of likely N-dealkylation sites (tertiary alicyclic amines) is 1. The van der Waals surface area contributed by atoms with Crippen LogP contribution in [0.4, 0.5) is 10.6 Å². The lowest BCUT2D eigenvalue weighted by atomic mass is 10.0. The highest BCUT2D eigenvalue weighted by molar-refractivity contribution is 5.68. The molecule has 4 rings (SSSR count). The van der Waals surface area contributed by atoms with E-state index in [2.05, 4.69) is 15.1 Å². The van der Waals surface area contributed by atoms with Crippen LogP contribution in [0.5, 0.6) is 0 Å². The van der Waals surface area contributed by atoms with E-state index in [1.54, 1.807) is 6.26 Å². The summed E-state index contributed by atoms with van der Waals surface area (Å²) in [6.07, 6.45) is 1.42. The average Bonchev–Trinajstić information content (AvgIpc) is 3.29. The molecule has 2 fully saturated rings. The van der Waals surface area contributed by atoms with Gasteiger partial charge in [-0.2, -0.15) is 0 Å². The van der Waals surface area contributed by atoms with Gasteiger partial charge in [0, 0.05) is 38.0 Å². The summed E-state index contributed by atoms with van der Waals surface area (Å²) in [6.45, 7) is 8.96. The molecule has 2 saturated heterocycles. The highest BCUT2D eigenvalue weighted by atomic mass is 16.6. The molecule has 0 aromatic carbocycles. The monoisotopic (exact) mass is 356 g/mol. The summed E-state index contributed by atoms with van der Waals surface area (Å²) in [4.78, 5) is 16.3. The lowest BCUT2D eigenvalue weighted by molar-refractivity contribution is 0.0282. The predicted octanol–water partition coefficient (Wildman–Crippen LogP) is 3.04. The minimum atomic E-state index is -0.452. The molecule has 7 heteroatoms. The van der Waals surface area contributed by atoms with Gasteiger partial charge < -0.3 is 19.0 Å². The van der Waals surface area contributed by atoms with E-state index in [9.17, 15) is 4.79 Å². The van der Waals surface area contributed by atoms with Crippen LogP contribution in [-0.4, -0.2) is 53.0 Å². The molecule has 0 bridgehead atoms. The van der Waals surface area contributed by atoms with Gasteiger partial charge in [0.15, 0.2) is 11.6 Å². The van der Waals surface area contributed by atoms with E-state index in [-0.39, 0.29) is 6.09 Å². The van der Waals surface area contributed by atoms with Gasteiger partial charge in [0.1, 0.15) is 11.3 Å². The van der Waals surface area contributed by atoms with Gasteiger partial charge in [-0.3, -0.25) is 0 Å². The Morgan fingerprint density at radius 2 is 1.85 bits per heavy atom. The number of fused-ring (bicyclic) bond motifs is 1. The van der Waals surface area contributed by atoms with Gasteiger partial charge in [0.2, 0.25) is 0 Å². The third kappa shape index (κ3) is 3.38. The lowest BCUT2D eigenvalue weighted by Crippen LogP contribution is -2.37. The number of hydrogen-bond acceptors (Lipinski definition) is 6. The quantitative estimate of drug-likeness (QED) is 0.824. The van der Waals surface area contributed by atoms with E-state index in [1.165, 1.54) is 0 Å². The molecule has 2 atom stereocenters. The number of amides is 1. The first-order chi connectivity index (χ1) is 12.4. The number of rotatable bonds is 2. The van der Waals surface area contributed by atoms with Crippen LogP contribution in [-0.2, 0) is 4.74 Å². The topological polar surface area (TPSA) is 71.7 Å². The minimum Gasteiger partial charge on any atom is -0.463 e. The van der Waals surface area contributed by atoms with Gasteiger partial charge in [-0.15, -0.1) is 10.2 Å². The zero-order chi connectivity index (χ0) is 18.3. The predicted molar refractivity (Wildman–Crippen MR) is 96.7 cm³/mol. The number of aromatic nitrogens is 2. The number of carbonyl (C=O) groups is 1. The van der Waals surface area contributed by atoms with Crippen molar-refractivity contribution in [1.82, 2.24) is 15.1 Å². The second-order valence-electron chi connectivity index (χ2n) is 8.06. The average molecular weight is 356 g/mol. The van der Waals surface area contributed by atoms with Crippen molar-refractivity contribution in [2.75, 3.05) is 31.1 Å². The van der Waals surface area contributed by atoms with Crippen molar-refractivity contribution in [3.63, 3.8) is 0 Å². The van der Waals surface area contributed by atoms with Gasteiger partial charge in [-0.25, -0.2) is 4.79 Å². The Bertz CT molecular complexity index is 753. The van der Waals surface area contributed by atoms with Crippen LogP contribution in [0, 0.1) is 11.8 Å². The fourth-order valence-corrected chi connectivity index (χ4v) is 3.71. The number of nitrogens with zero attached hydrogens (tertiary/aromatic N) is 4. The fraction of sp³-hybridized carbons (Fsp3) is 0.526. The molecule has 2 aliphatic heterocycles. The van der Waals surface area contributed by atoms with Gasteiger partial charge >= 0.3 is 6.09 Å². The zero-order valence-electron chi connectivity index (χ0n) is 15.4. The Kier molecular flexibility index (Phi) is 4.09. The number of furan rings is 1. The number of anilines is 1. The summed E-state index contributed by atoms with van der Waals surface area (Å²) < 4.78 is 10.8. The van der Waals surface area contributed by atoms with E-state index in [4.69, 9.17) is 9.15 Å². The Labute approximate surface area is 152 Å². The lowest BCUT2D eigenvalue weighted by Gasteiger charge is -2.26. The van der Waals surface area contributed by atoms with E-state index < -0.39 is 5.60 Å². The third-order valence-corrected chi connectivity index (χ3v) is 4.89. The summed E-state index contributed by atoms with van der Waals surface area (Å²) >= 11 is 0. The van der Waals surface area contributed by atoms with Crippen LogP contribution in [0.25, 0.3) is 11.5 Å². The van der Waals surface area contributed by atoms with Gasteiger partial charge in [-0.05, 0) is 45.0 Å². The molecule has 0 N–H and O–H groups in total. The third-order valence-electron chi connectivity index (χ3n) is 4.89. The maximum Gasteiger partial charge on any atom is 0.410 e. The molecule has 2 aliphatic rings. The van der Waals surface area contributed by atoms with Crippen molar-refractivity contribution in [1.29, 1.82) is 0 Å². The number of carbonyl (C=O) groups excluding carboxylic acids is 1. The summed E-state index contributed by atoms with van der Waals surface area (Å²) in [5, 5.41) is 8.63. The Morgan fingerprint density at radius 1 is 1.12 bits per heavy atom. The van der Waals surface area contributed by atoms with Crippen LogP contribution < -0.4 is 4.90 Å². The second kappa shape index (κ2) is 6.30. The zero-order valence-corrected chi connectivity index (χ0v) is 15.4. The van der Waals surface area contributed by atoms with Crippen molar-refractivity contribution in [2.45, 2.75) is 26.4 Å². The number of ether oxygens (including phenoxy) is 1. The summed E-state index contributed by atoms with van der Waals surface area (Å²) in [7, 11) is 0. The van der Waals surface area contributed by atoms with Crippen molar-refractivity contribution in [3.05, 3.63) is 30.5 Å². The molecular weight excluding hydrogens is 332 g/mol. The SMILES string of the molecule is CC(C)(C)OC(=O)N1C[C@@H]2CN(c3ccc(-c4ccco4)nn3)C[C@H]2C1. The second-order valence-corrected chi connectivity index (χ2v) is 8.06.